The molecule has 3 aromatic heterocycles. The molecule has 5 heterocycles. The van der Waals surface area contributed by atoms with Crippen molar-refractivity contribution in [3.8, 4) is 5.88 Å². The third kappa shape index (κ3) is 6.66. The van der Waals surface area contributed by atoms with E-state index in [1.807, 2.05) is 0 Å². The number of thiol groups is 2. The summed E-state index contributed by atoms with van der Waals surface area (Å²) < 4.78 is 105. The van der Waals surface area contributed by atoms with Crippen LogP contribution in [0.5, 0.6) is 5.88 Å². The maximum atomic E-state index is 14.6. The number of nitrogens with two attached hydrogens (primary N) is 1. The van der Waals surface area contributed by atoms with Crippen LogP contribution in [0.3, 0.4) is 0 Å². The molecule has 44 heavy (non-hydrogen) atoms. The molecule has 0 amide bonds. The summed E-state index contributed by atoms with van der Waals surface area (Å²) in [5, 5.41) is 0. The van der Waals surface area contributed by atoms with Crippen LogP contribution in [0.1, 0.15) is 19.1 Å². The molecular weight excluding hydrogens is 677 g/mol. The summed E-state index contributed by atoms with van der Waals surface area (Å²) in [7, 11) is 0. The molecule has 2 bridgehead atoms. The molecular formula is C21H24F3N7O9P2S2. The number of imidazole rings is 1. The van der Waals surface area contributed by atoms with Gasteiger partial charge in [0, 0.05) is 24.6 Å². The van der Waals surface area contributed by atoms with Crippen molar-refractivity contribution in [2.45, 2.75) is 49.7 Å². The van der Waals surface area contributed by atoms with Gasteiger partial charge in [0.15, 0.2) is 17.4 Å². The highest BCUT2D eigenvalue weighted by molar-refractivity contribution is 8.44. The number of alkyl halides is 3. The van der Waals surface area contributed by atoms with Crippen molar-refractivity contribution < 1.29 is 49.9 Å². The van der Waals surface area contributed by atoms with Gasteiger partial charge >= 0.3 is 19.8 Å². The summed E-state index contributed by atoms with van der Waals surface area (Å²) in [6, 6.07) is 1.53. The second-order valence-electron chi connectivity index (χ2n) is 10.2. The summed E-state index contributed by atoms with van der Waals surface area (Å²) in [5.41, 5.74) is 4.37. The summed E-state index contributed by atoms with van der Waals surface area (Å²) in [4.78, 5) is 30.2. The van der Waals surface area contributed by atoms with E-state index >= 15 is 0 Å². The smallest absolute Gasteiger partial charge is 0.397 e. The molecule has 9 atom stereocenters. The Morgan fingerprint density at radius 2 is 1.84 bits per heavy atom. The minimum atomic E-state index is -5.04. The first-order valence-electron chi connectivity index (χ1n) is 12.9. The molecule has 2 aliphatic heterocycles. The maximum Gasteiger partial charge on any atom is 0.397 e. The van der Waals surface area contributed by atoms with Crippen LogP contribution in [-0.2, 0) is 32.0 Å². The molecule has 0 radical (unpaired) electrons. The molecule has 16 nitrogen and oxygen atoms in total. The highest BCUT2D eigenvalue weighted by atomic mass is 32.7. The molecule has 2 unspecified atom stereocenters. The fraction of sp³-hybridized carbons (Fsp3) is 0.571. The first-order chi connectivity index (χ1) is 20.7. The van der Waals surface area contributed by atoms with Crippen LogP contribution in [0.4, 0.5) is 19.1 Å². The van der Waals surface area contributed by atoms with Gasteiger partial charge in [0.1, 0.15) is 24.5 Å². The van der Waals surface area contributed by atoms with Crippen LogP contribution in [0.15, 0.2) is 29.7 Å². The van der Waals surface area contributed by atoms with Crippen LogP contribution >= 0.6 is 38.1 Å². The van der Waals surface area contributed by atoms with Crippen molar-refractivity contribution in [2.75, 3.05) is 18.9 Å². The van der Waals surface area contributed by atoms with Crippen LogP contribution < -0.4 is 16.0 Å². The number of H-pyrrole nitrogens is 1. The van der Waals surface area contributed by atoms with Crippen LogP contribution in [0.2, 0.25) is 0 Å². The van der Waals surface area contributed by atoms with Gasteiger partial charge in [-0.2, -0.15) is 18.2 Å². The second-order valence-corrected chi connectivity index (χ2v) is 15.9. The molecule has 3 N–H and O–H groups in total. The molecule has 6 rings (SSSR count). The van der Waals surface area contributed by atoms with E-state index in [2.05, 4.69) is 49.4 Å². The molecule has 3 fully saturated rings. The molecule has 1 aliphatic carbocycles. The molecule has 240 valence electrons. The van der Waals surface area contributed by atoms with Crippen LogP contribution in [0, 0.1) is 11.8 Å². The zero-order valence-corrected chi connectivity index (χ0v) is 25.7. The van der Waals surface area contributed by atoms with Gasteiger partial charge in [0.25, 0.3) is 5.56 Å². The lowest BCUT2D eigenvalue weighted by atomic mass is 9.97. The largest absolute Gasteiger partial charge is 0.474 e. The van der Waals surface area contributed by atoms with Crippen molar-refractivity contribution in [3.05, 3.63) is 35.3 Å². The van der Waals surface area contributed by atoms with E-state index in [0.717, 1.165) is 10.9 Å². The quantitative estimate of drug-likeness (QED) is 0.229. The number of aromatic nitrogens is 6. The van der Waals surface area contributed by atoms with Gasteiger partial charge in [0.2, 0.25) is 11.8 Å². The van der Waals surface area contributed by atoms with Gasteiger partial charge in [-0.1, -0.05) is 24.5 Å². The average Bonchev–Trinajstić information content (AvgIpc) is 3.61. The van der Waals surface area contributed by atoms with Crippen LogP contribution in [0.25, 0.3) is 11.2 Å². The Morgan fingerprint density at radius 1 is 1.09 bits per heavy atom. The van der Waals surface area contributed by atoms with Crippen molar-refractivity contribution in [3.63, 3.8) is 0 Å². The van der Waals surface area contributed by atoms with Crippen molar-refractivity contribution in [1.82, 2.24) is 29.5 Å². The highest BCUT2D eigenvalue weighted by Crippen LogP contribution is 2.62. The molecule has 3 aliphatic rings. The molecule has 2 saturated heterocycles. The molecule has 1 saturated carbocycles. The highest BCUT2D eigenvalue weighted by Gasteiger charge is 2.61. The number of nitrogens with one attached hydrogen (secondary N) is 1. The Hall–Kier alpha value is -2.22. The average molecular weight is 702 g/mol. The summed E-state index contributed by atoms with van der Waals surface area (Å²) in [6.07, 6.45) is -8.07. The third-order valence-electron chi connectivity index (χ3n) is 7.26. The minimum Gasteiger partial charge on any atom is -0.474 e. The maximum absolute atomic E-state index is 14.6. The standard InChI is InChI=1S/C21H24F3N7O9P2S2/c22-21(23,24)14-12-6-36-41(33,43)39-11-4-10(37-13-1-2-26-7-27-13)3-9(11)5-35-42(34,44)40-16(14)19(38-12)31-8-28-15-17(31)29-20(25)30-18(15)32/h1-2,7-12,14,16,19H,3-6H2,(H,33,43)(H,34,44)(H3,25,29,30,32)/t9-,10-,11+,12-,14-,16-,19-,41?,42?/m1/s1. The summed E-state index contributed by atoms with van der Waals surface area (Å²) in [6.45, 7) is -10.2. The van der Waals surface area contributed by atoms with E-state index in [0.29, 0.717) is 0 Å². The fourth-order valence-corrected chi connectivity index (χ4v) is 8.51. The molecule has 0 spiro atoms. The SMILES string of the molecule is Nc1nc2c(ncn2[C@@H]2O[C@@H]3COP(=O)(S)O[C@H]4C[C@H](Oc5ccncn5)C[C@@H]4COP(=O)(S)O[C@@H]2[C@@H]3C(F)(F)F)c(=O)[nH]1. The Balaban J connectivity index is 1.33. The van der Waals surface area contributed by atoms with Gasteiger partial charge < -0.3 is 19.7 Å². The van der Waals surface area contributed by atoms with Crippen LogP contribution in [-0.4, -0.2) is 73.3 Å². The monoisotopic (exact) mass is 701 g/mol. The summed E-state index contributed by atoms with van der Waals surface area (Å²) >= 11 is 7.96. The Morgan fingerprint density at radius 3 is 2.57 bits per heavy atom. The van der Waals surface area contributed by atoms with E-state index in [4.69, 9.17) is 33.3 Å². The second kappa shape index (κ2) is 11.9. The van der Waals surface area contributed by atoms with Crippen molar-refractivity contribution >= 4 is 55.2 Å². The summed E-state index contributed by atoms with van der Waals surface area (Å²) in [5.74, 6) is -3.25. The van der Waals surface area contributed by atoms with Gasteiger partial charge in [-0.25, -0.2) is 24.1 Å². The lowest BCUT2D eigenvalue weighted by Gasteiger charge is -2.28. The lowest BCUT2D eigenvalue weighted by molar-refractivity contribution is -0.202. The van der Waals surface area contributed by atoms with Gasteiger partial charge in [0.05, 0.1) is 31.7 Å². The first kappa shape index (κ1) is 31.7. The number of rotatable bonds is 3. The van der Waals surface area contributed by atoms with E-state index in [-0.39, 0.29) is 35.8 Å². The Labute approximate surface area is 255 Å². The number of aromatic amines is 1. The Kier molecular flexibility index (Phi) is 8.55. The predicted octanol–water partition coefficient (Wildman–Crippen LogP) is 3.32. The Bertz CT molecular complexity index is 1690. The zero-order chi connectivity index (χ0) is 31.4. The number of halogens is 3. The molecule has 0 aromatic carbocycles. The van der Waals surface area contributed by atoms with Gasteiger partial charge in [-0.05, 0) is 6.42 Å². The number of ether oxygens (including phenoxy) is 2. The number of nitrogen functional groups attached to an aromatic ring is 1. The topological polar surface area (TPSA) is 205 Å². The van der Waals surface area contributed by atoms with Gasteiger partial charge in [-0.15, -0.1) is 0 Å². The van der Waals surface area contributed by atoms with Gasteiger partial charge in [-0.3, -0.25) is 27.9 Å². The van der Waals surface area contributed by atoms with Crippen molar-refractivity contribution in [1.29, 1.82) is 0 Å². The van der Waals surface area contributed by atoms with E-state index < -0.39 is 81.0 Å². The first-order valence-corrected chi connectivity index (χ1v) is 18.3. The number of fused-ring (bicyclic) bond motifs is 4. The van der Waals surface area contributed by atoms with E-state index in [9.17, 15) is 27.1 Å². The molecule has 3 aromatic rings. The minimum absolute atomic E-state index is 0.141. The number of nitrogens with zero attached hydrogens (tertiary/aromatic N) is 5. The normalized spacial score (nSPS) is 36.7. The molecule has 23 heteroatoms. The van der Waals surface area contributed by atoms with Crippen molar-refractivity contribution in [2.24, 2.45) is 11.8 Å². The number of hydrogen-bond donors (Lipinski definition) is 4. The third-order valence-corrected chi connectivity index (χ3v) is 10.5. The predicted molar refractivity (Wildman–Crippen MR) is 150 cm³/mol. The fourth-order valence-electron chi connectivity index (χ4n) is 5.44. The number of hydrogen-bond acceptors (Lipinski definition) is 14. The zero-order valence-electron chi connectivity index (χ0n) is 22.1. The van der Waals surface area contributed by atoms with E-state index in [1.165, 1.54) is 18.6 Å². The lowest BCUT2D eigenvalue weighted by Crippen LogP contribution is -2.41. The van der Waals surface area contributed by atoms with E-state index in [1.54, 1.807) is 0 Å². The number of anilines is 1.